The molecule has 1 N–H and O–H groups in total. The van der Waals surface area contributed by atoms with Crippen molar-refractivity contribution < 1.29 is 18.3 Å². The highest BCUT2D eigenvalue weighted by atomic mass is 19.1. The van der Waals surface area contributed by atoms with Gasteiger partial charge in [0.15, 0.2) is 5.78 Å². The Kier molecular flexibility index (Phi) is 3.17. The van der Waals surface area contributed by atoms with Gasteiger partial charge in [-0.25, -0.2) is 8.78 Å². The Morgan fingerprint density at radius 2 is 1.81 bits per heavy atom. The summed E-state index contributed by atoms with van der Waals surface area (Å²) in [7, 11) is 1.53. The smallest absolute Gasteiger partial charge is 0.195 e. The summed E-state index contributed by atoms with van der Waals surface area (Å²) in [4.78, 5) is 15.4. The van der Waals surface area contributed by atoms with Crippen LogP contribution in [0.15, 0.2) is 42.6 Å². The number of aromatic amines is 1. The van der Waals surface area contributed by atoms with E-state index < -0.39 is 17.4 Å². The third-order valence-electron chi connectivity index (χ3n) is 3.26. The molecule has 0 radical (unpaired) electrons. The molecule has 0 aliphatic carbocycles. The number of carbonyl (C=O) groups excluding carboxylic acids is 1. The molecule has 0 fully saturated rings. The van der Waals surface area contributed by atoms with Crippen molar-refractivity contribution in [1.82, 2.24) is 4.98 Å². The summed E-state index contributed by atoms with van der Waals surface area (Å²) in [6.45, 7) is 0. The molecule has 0 bridgehead atoms. The molecule has 1 heterocycles. The first-order valence-corrected chi connectivity index (χ1v) is 6.24. The first kappa shape index (κ1) is 13.3. The van der Waals surface area contributed by atoms with Crippen molar-refractivity contribution in [3.8, 4) is 5.75 Å². The van der Waals surface area contributed by atoms with Crippen molar-refractivity contribution in [2.45, 2.75) is 0 Å². The fourth-order valence-electron chi connectivity index (χ4n) is 2.25. The van der Waals surface area contributed by atoms with Gasteiger partial charge in [-0.05, 0) is 30.3 Å². The Morgan fingerprint density at radius 1 is 1.10 bits per heavy atom. The quantitative estimate of drug-likeness (QED) is 0.746. The molecule has 0 amide bonds. The number of rotatable bonds is 3. The topological polar surface area (TPSA) is 42.1 Å². The number of hydrogen-bond acceptors (Lipinski definition) is 2. The van der Waals surface area contributed by atoms with E-state index in [9.17, 15) is 13.6 Å². The standard InChI is InChI=1S/C16H11F2NO2/c1-21-12-2-3-15-13(7-12)14(8-19-15)16(20)9-4-10(17)6-11(18)5-9/h2-8,19H,1H3. The van der Waals surface area contributed by atoms with E-state index in [-0.39, 0.29) is 5.56 Å². The maximum Gasteiger partial charge on any atom is 0.195 e. The summed E-state index contributed by atoms with van der Waals surface area (Å²) < 4.78 is 31.6. The molecule has 21 heavy (non-hydrogen) atoms. The molecule has 3 aromatic rings. The lowest BCUT2D eigenvalue weighted by molar-refractivity contribution is 0.103. The normalized spacial score (nSPS) is 10.8. The average molecular weight is 287 g/mol. The summed E-state index contributed by atoms with van der Waals surface area (Å²) in [6, 6.07) is 8.00. The van der Waals surface area contributed by atoms with E-state index in [0.29, 0.717) is 16.7 Å². The molecule has 2 aromatic carbocycles. The van der Waals surface area contributed by atoms with Gasteiger partial charge in [0.25, 0.3) is 0 Å². The number of benzene rings is 2. The van der Waals surface area contributed by atoms with Gasteiger partial charge in [0.2, 0.25) is 0 Å². The number of halogens is 2. The van der Waals surface area contributed by atoms with Crippen LogP contribution in [0.5, 0.6) is 5.75 Å². The Bertz CT molecular complexity index is 819. The van der Waals surface area contributed by atoms with E-state index in [4.69, 9.17) is 4.74 Å². The fourth-order valence-corrected chi connectivity index (χ4v) is 2.25. The minimum atomic E-state index is -0.782. The number of nitrogens with one attached hydrogen (secondary N) is 1. The monoisotopic (exact) mass is 287 g/mol. The van der Waals surface area contributed by atoms with Crippen LogP contribution in [0, 0.1) is 11.6 Å². The Labute approximate surface area is 119 Å². The molecule has 106 valence electrons. The Balaban J connectivity index is 2.13. The highest BCUT2D eigenvalue weighted by Crippen LogP contribution is 2.25. The lowest BCUT2D eigenvalue weighted by Gasteiger charge is -2.03. The maximum absolute atomic E-state index is 13.2. The van der Waals surface area contributed by atoms with Gasteiger partial charge in [-0.3, -0.25) is 4.79 Å². The second-order valence-corrected chi connectivity index (χ2v) is 4.60. The number of carbonyl (C=O) groups is 1. The molecule has 0 aliphatic heterocycles. The molecule has 3 rings (SSSR count). The molecular weight excluding hydrogens is 276 g/mol. The van der Waals surface area contributed by atoms with Crippen LogP contribution in [0.3, 0.4) is 0 Å². The lowest BCUT2D eigenvalue weighted by atomic mass is 10.0. The minimum absolute atomic E-state index is 0.0313. The van der Waals surface area contributed by atoms with Gasteiger partial charge in [-0.2, -0.15) is 0 Å². The molecule has 0 atom stereocenters. The van der Waals surface area contributed by atoms with Crippen molar-refractivity contribution in [1.29, 1.82) is 0 Å². The summed E-state index contributed by atoms with van der Waals surface area (Å²) in [6.07, 6.45) is 1.52. The molecule has 0 unspecified atom stereocenters. The number of ketones is 1. The number of aromatic nitrogens is 1. The van der Waals surface area contributed by atoms with Gasteiger partial charge < -0.3 is 9.72 Å². The third-order valence-corrected chi connectivity index (χ3v) is 3.26. The van der Waals surface area contributed by atoms with E-state index in [1.165, 1.54) is 13.3 Å². The zero-order valence-corrected chi connectivity index (χ0v) is 11.1. The van der Waals surface area contributed by atoms with Crippen LogP contribution in [0.2, 0.25) is 0 Å². The summed E-state index contributed by atoms with van der Waals surface area (Å²) in [5.41, 5.74) is 1.06. The number of fused-ring (bicyclic) bond motifs is 1. The minimum Gasteiger partial charge on any atom is -0.497 e. The molecular formula is C16H11F2NO2. The summed E-state index contributed by atoms with van der Waals surface area (Å²) >= 11 is 0. The highest BCUT2D eigenvalue weighted by Gasteiger charge is 2.16. The van der Waals surface area contributed by atoms with Gasteiger partial charge in [0.1, 0.15) is 17.4 Å². The number of ether oxygens (including phenoxy) is 1. The first-order chi connectivity index (χ1) is 10.1. The van der Waals surface area contributed by atoms with Crippen LogP contribution >= 0.6 is 0 Å². The van der Waals surface area contributed by atoms with Crippen LogP contribution in [0.4, 0.5) is 8.78 Å². The molecule has 5 heteroatoms. The van der Waals surface area contributed by atoms with Gasteiger partial charge in [-0.15, -0.1) is 0 Å². The number of hydrogen-bond donors (Lipinski definition) is 1. The second-order valence-electron chi connectivity index (χ2n) is 4.60. The molecule has 0 spiro atoms. The van der Waals surface area contributed by atoms with Crippen molar-refractivity contribution >= 4 is 16.7 Å². The predicted molar refractivity (Wildman–Crippen MR) is 74.6 cm³/mol. The largest absolute Gasteiger partial charge is 0.497 e. The van der Waals surface area contributed by atoms with Crippen LogP contribution in [0.1, 0.15) is 15.9 Å². The van der Waals surface area contributed by atoms with E-state index in [1.54, 1.807) is 18.2 Å². The van der Waals surface area contributed by atoms with E-state index >= 15 is 0 Å². The maximum atomic E-state index is 13.2. The predicted octanol–water partition coefficient (Wildman–Crippen LogP) is 3.69. The summed E-state index contributed by atoms with van der Waals surface area (Å²) in [5.74, 6) is -1.42. The van der Waals surface area contributed by atoms with E-state index in [1.807, 2.05) is 0 Å². The molecule has 3 nitrogen and oxygen atoms in total. The van der Waals surface area contributed by atoms with Crippen molar-refractivity contribution in [2.24, 2.45) is 0 Å². The van der Waals surface area contributed by atoms with Crippen molar-refractivity contribution in [2.75, 3.05) is 7.11 Å². The molecule has 0 aliphatic rings. The Hall–Kier alpha value is -2.69. The number of H-pyrrole nitrogens is 1. The van der Waals surface area contributed by atoms with Crippen LogP contribution in [0.25, 0.3) is 10.9 Å². The third kappa shape index (κ3) is 2.38. The van der Waals surface area contributed by atoms with Crippen LogP contribution in [-0.4, -0.2) is 17.9 Å². The van der Waals surface area contributed by atoms with Gasteiger partial charge in [0, 0.05) is 34.3 Å². The molecule has 1 aromatic heterocycles. The van der Waals surface area contributed by atoms with Crippen LogP contribution < -0.4 is 4.74 Å². The Morgan fingerprint density at radius 3 is 2.48 bits per heavy atom. The van der Waals surface area contributed by atoms with Crippen molar-refractivity contribution in [3.63, 3.8) is 0 Å². The zero-order chi connectivity index (χ0) is 15.0. The summed E-state index contributed by atoms with van der Waals surface area (Å²) in [5, 5.41) is 0.643. The van der Waals surface area contributed by atoms with E-state index in [0.717, 1.165) is 23.7 Å². The molecule has 0 saturated heterocycles. The SMILES string of the molecule is COc1ccc2[nH]cc(C(=O)c3cc(F)cc(F)c3)c2c1. The fraction of sp³-hybridized carbons (Fsp3) is 0.0625. The van der Waals surface area contributed by atoms with E-state index in [2.05, 4.69) is 4.98 Å². The zero-order valence-electron chi connectivity index (χ0n) is 11.1. The molecule has 0 saturated carbocycles. The second kappa shape index (κ2) is 5.01. The van der Waals surface area contributed by atoms with Gasteiger partial charge in [-0.1, -0.05) is 0 Å². The average Bonchev–Trinajstić information content (AvgIpc) is 2.88. The van der Waals surface area contributed by atoms with Crippen molar-refractivity contribution in [3.05, 3.63) is 65.4 Å². The first-order valence-electron chi connectivity index (χ1n) is 6.24. The lowest BCUT2D eigenvalue weighted by Crippen LogP contribution is -2.02. The van der Waals surface area contributed by atoms with Gasteiger partial charge >= 0.3 is 0 Å². The highest BCUT2D eigenvalue weighted by molar-refractivity contribution is 6.16. The number of methoxy groups -OCH3 is 1. The van der Waals surface area contributed by atoms with Gasteiger partial charge in [0.05, 0.1) is 7.11 Å². The van der Waals surface area contributed by atoms with Crippen LogP contribution in [-0.2, 0) is 0 Å².